The fraction of sp³-hybridized carbons (Fsp3) is 0.0500. The number of amides is 1. The molecule has 0 spiro atoms. The van der Waals surface area contributed by atoms with Gasteiger partial charge in [0.25, 0.3) is 5.91 Å². The Morgan fingerprint density at radius 3 is 1.88 bits per heavy atom. The molecule has 0 heterocycles. The third kappa shape index (κ3) is 4.14. The second-order valence-electron chi connectivity index (χ2n) is 5.40. The standard InChI is InChI=1S/C20H17N3O/c1-15-7-11-18(12-8-15)22-23-19-13-9-16(10-14-19)20(24)21-17-5-3-2-4-6-17/h2-14H,1H3,(H,21,24). The summed E-state index contributed by atoms with van der Waals surface area (Å²) in [6, 6.07) is 24.2. The summed E-state index contributed by atoms with van der Waals surface area (Å²) in [5.41, 5.74) is 4.03. The van der Waals surface area contributed by atoms with Crippen LogP contribution in [0.3, 0.4) is 0 Å². The van der Waals surface area contributed by atoms with Gasteiger partial charge in [0, 0.05) is 11.3 Å². The SMILES string of the molecule is Cc1ccc(N=Nc2ccc(C(=O)Nc3ccccc3)cc2)cc1. The molecule has 4 heteroatoms. The van der Waals surface area contributed by atoms with Crippen LogP contribution >= 0.6 is 0 Å². The number of nitrogens with zero attached hydrogens (tertiary/aromatic N) is 2. The molecule has 3 aromatic carbocycles. The highest BCUT2D eigenvalue weighted by atomic mass is 16.1. The number of azo groups is 1. The van der Waals surface area contributed by atoms with Gasteiger partial charge in [-0.05, 0) is 55.5 Å². The monoisotopic (exact) mass is 315 g/mol. The van der Waals surface area contributed by atoms with Crippen LogP contribution in [-0.2, 0) is 0 Å². The van der Waals surface area contributed by atoms with Crippen molar-refractivity contribution in [2.45, 2.75) is 6.92 Å². The number of anilines is 1. The average molecular weight is 315 g/mol. The number of nitrogens with one attached hydrogen (secondary N) is 1. The lowest BCUT2D eigenvalue weighted by molar-refractivity contribution is 0.102. The van der Waals surface area contributed by atoms with Crippen molar-refractivity contribution in [1.29, 1.82) is 0 Å². The zero-order valence-corrected chi connectivity index (χ0v) is 13.3. The highest BCUT2D eigenvalue weighted by Crippen LogP contribution is 2.19. The lowest BCUT2D eigenvalue weighted by Crippen LogP contribution is -2.11. The van der Waals surface area contributed by atoms with Crippen molar-refractivity contribution in [2.24, 2.45) is 10.2 Å². The molecular weight excluding hydrogens is 298 g/mol. The van der Waals surface area contributed by atoms with Crippen LogP contribution in [0.25, 0.3) is 0 Å². The molecule has 0 aliphatic carbocycles. The Kier molecular flexibility index (Phi) is 4.77. The van der Waals surface area contributed by atoms with Crippen molar-refractivity contribution in [1.82, 2.24) is 0 Å². The molecule has 0 radical (unpaired) electrons. The maximum absolute atomic E-state index is 12.2. The molecule has 0 fully saturated rings. The molecule has 3 aromatic rings. The van der Waals surface area contributed by atoms with Gasteiger partial charge in [-0.3, -0.25) is 4.79 Å². The van der Waals surface area contributed by atoms with Crippen LogP contribution < -0.4 is 5.32 Å². The molecule has 3 rings (SSSR count). The molecule has 0 bridgehead atoms. The minimum absolute atomic E-state index is 0.150. The van der Waals surface area contributed by atoms with Gasteiger partial charge in [0.1, 0.15) is 0 Å². The summed E-state index contributed by atoms with van der Waals surface area (Å²) in [6.07, 6.45) is 0. The number of para-hydroxylation sites is 1. The Labute approximate surface area is 140 Å². The zero-order chi connectivity index (χ0) is 16.8. The molecule has 4 nitrogen and oxygen atoms in total. The van der Waals surface area contributed by atoms with Crippen LogP contribution in [-0.4, -0.2) is 5.91 Å². The molecule has 0 unspecified atom stereocenters. The predicted molar refractivity (Wildman–Crippen MR) is 96.2 cm³/mol. The Morgan fingerprint density at radius 1 is 0.750 bits per heavy atom. The smallest absolute Gasteiger partial charge is 0.255 e. The summed E-state index contributed by atoms with van der Waals surface area (Å²) in [6.45, 7) is 2.03. The third-order valence-electron chi connectivity index (χ3n) is 3.48. The van der Waals surface area contributed by atoms with Crippen molar-refractivity contribution in [3.63, 3.8) is 0 Å². The van der Waals surface area contributed by atoms with Crippen molar-refractivity contribution in [3.8, 4) is 0 Å². The normalized spacial score (nSPS) is 10.7. The van der Waals surface area contributed by atoms with E-state index in [-0.39, 0.29) is 5.91 Å². The summed E-state index contributed by atoms with van der Waals surface area (Å²) in [4.78, 5) is 12.2. The maximum Gasteiger partial charge on any atom is 0.255 e. The maximum atomic E-state index is 12.2. The lowest BCUT2D eigenvalue weighted by Gasteiger charge is -2.04. The summed E-state index contributed by atoms with van der Waals surface area (Å²) >= 11 is 0. The van der Waals surface area contributed by atoms with Crippen molar-refractivity contribution in [2.75, 3.05) is 5.32 Å². The molecule has 1 N–H and O–H groups in total. The fourth-order valence-electron chi connectivity index (χ4n) is 2.13. The minimum Gasteiger partial charge on any atom is -0.322 e. The van der Waals surface area contributed by atoms with Gasteiger partial charge < -0.3 is 5.32 Å². The van der Waals surface area contributed by atoms with Crippen LogP contribution in [0.1, 0.15) is 15.9 Å². The molecular formula is C20H17N3O. The van der Waals surface area contributed by atoms with Gasteiger partial charge in [0.05, 0.1) is 11.4 Å². The molecule has 0 aromatic heterocycles. The van der Waals surface area contributed by atoms with Crippen molar-refractivity contribution in [3.05, 3.63) is 90.0 Å². The first-order valence-electron chi connectivity index (χ1n) is 7.65. The second-order valence-corrected chi connectivity index (χ2v) is 5.40. The molecule has 0 saturated carbocycles. The Morgan fingerprint density at radius 2 is 1.29 bits per heavy atom. The highest BCUT2D eigenvalue weighted by molar-refractivity contribution is 6.04. The second kappa shape index (κ2) is 7.33. The van der Waals surface area contributed by atoms with Crippen molar-refractivity contribution < 1.29 is 4.79 Å². The van der Waals surface area contributed by atoms with E-state index in [0.29, 0.717) is 11.3 Å². The Bertz CT molecular complexity index is 838. The number of carbonyl (C=O) groups is 1. The minimum atomic E-state index is -0.150. The van der Waals surface area contributed by atoms with E-state index in [1.165, 1.54) is 5.56 Å². The van der Waals surface area contributed by atoms with E-state index in [2.05, 4.69) is 15.5 Å². The number of rotatable bonds is 4. The number of hydrogen-bond donors (Lipinski definition) is 1. The largest absolute Gasteiger partial charge is 0.322 e. The van der Waals surface area contributed by atoms with Gasteiger partial charge >= 0.3 is 0 Å². The van der Waals surface area contributed by atoms with Crippen LogP contribution in [0.2, 0.25) is 0 Å². The first-order valence-corrected chi connectivity index (χ1v) is 7.65. The Balaban J connectivity index is 1.66. The zero-order valence-electron chi connectivity index (χ0n) is 13.3. The van der Waals surface area contributed by atoms with Gasteiger partial charge in [-0.2, -0.15) is 10.2 Å². The summed E-state index contributed by atoms with van der Waals surface area (Å²) in [7, 11) is 0. The van der Waals surface area contributed by atoms with E-state index in [4.69, 9.17) is 0 Å². The van der Waals surface area contributed by atoms with Gasteiger partial charge in [-0.15, -0.1) is 0 Å². The summed E-state index contributed by atoms with van der Waals surface area (Å²) < 4.78 is 0. The van der Waals surface area contributed by atoms with Gasteiger partial charge in [0.15, 0.2) is 0 Å². The van der Waals surface area contributed by atoms with E-state index in [1.54, 1.807) is 24.3 Å². The summed E-state index contributed by atoms with van der Waals surface area (Å²) in [5.74, 6) is -0.150. The lowest BCUT2D eigenvalue weighted by atomic mass is 10.2. The van der Waals surface area contributed by atoms with Gasteiger partial charge in [-0.25, -0.2) is 0 Å². The van der Waals surface area contributed by atoms with E-state index >= 15 is 0 Å². The highest BCUT2D eigenvalue weighted by Gasteiger charge is 2.05. The molecule has 118 valence electrons. The molecule has 0 aliphatic heterocycles. The average Bonchev–Trinajstić information content (AvgIpc) is 2.62. The quantitative estimate of drug-likeness (QED) is 0.620. The van der Waals surface area contributed by atoms with Crippen LogP contribution in [0.4, 0.5) is 17.1 Å². The molecule has 0 atom stereocenters. The van der Waals surface area contributed by atoms with E-state index in [9.17, 15) is 4.79 Å². The molecule has 24 heavy (non-hydrogen) atoms. The Hall–Kier alpha value is -3.27. The van der Waals surface area contributed by atoms with Crippen LogP contribution in [0, 0.1) is 6.92 Å². The van der Waals surface area contributed by atoms with Gasteiger partial charge in [0.2, 0.25) is 0 Å². The van der Waals surface area contributed by atoms with E-state index < -0.39 is 0 Å². The first kappa shape index (κ1) is 15.6. The number of benzene rings is 3. The number of carbonyl (C=O) groups excluding carboxylic acids is 1. The van der Waals surface area contributed by atoms with Crippen molar-refractivity contribution >= 4 is 23.0 Å². The topological polar surface area (TPSA) is 53.8 Å². The molecule has 1 amide bonds. The van der Waals surface area contributed by atoms with E-state index in [1.807, 2.05) is 61.5 Å². The third-order valence-corrected chi connectivity index (χ3v) is 3.48. The number of aryl methyl sites for hydroxylation is 1. The predicted octanol–water partition coefficient (Wildman–Crippen LogP) is 5.66. The first-order chi connectivity index (χ1) is 11.7. The van der Waals surface area contributed by atoms with Crippen LogP contribution in [0.5, 0.6) is 0 Å². The summed E-state index contributed by atoms with van der Waals surface area (Å²) in [5, 5.41) is 11.2. The molecule has 0 saturated heterocycles. The van der Waals surface area contributed by atoms with Crippen LogP contribution in [0.15, 0.2) is 89.1 Å². The number of hydrogen-bond acceptors (Lipinski definition) is 3. The molecule has 0 aliphatic rings. The van der Waals surface area contributed by atoms with Gasteiger partial charge in [-0.1, -0.05) is 35.9 Å². The van der Waals surface area contributed by atoms with E-state index in [0.717, 1.165) is 11.4 Å². The fourth-order valence-corrected chi connectivity index (χ4v) is 2.13.